The van der Waals surface area contributed by atoms with Crippen LogP contribution >= 0.6 is 0 Å². The van der Waals surface area contributed by atoms with Gasteiger partial charge in [-0.25, -0.2) is 4.79 Å². The first kappa shape index (κ1) is 34.0. The van der Waals surface area contributed by atoms with Gasteiger partial charge in [0, 0.05) is 6.42 Å². The summed E-state index contributed by atoms with van der Waals surface area (Å²) in [6.45, 7) is 1.48. The van der Waals surface area contributed by atoms with Gasteiger partial charge in [-0.15, -0.1) is 0 Å². The highest BCUT2D eigenvalue weighted by Crippen LogP contribution is 2.33. The third kappa shape index (κ3) is 10.3. The SMILES string of the molecule is COC(=O)C(O)C/C=C1\O[C@H](COCc2ccccc2)[C@H](OCc2ccccc2)[C@H](OCc2ccccc2)[C@H]1OCc1ccccc1. The lowest BCUT2D eigenvalue weighted by atomic mass is 9.96. The Kier molecular flexibility index (Phi) is 13.1. The molecule has 0 spiro atoms. The van der Waals surface area contributed by atoms with Gasteiger partial charge in [0.25, 0.3) is 0 Å². The summed E-state index contributed by atoms with van der Waals surface area (Å²) in [5.41, 5.74) is 4.00. The van der Waals surface area contributed by atoms with Crippen molar-refractivity contribution >= 4 is 5.97 Å². The van der Waals surface area contributed by atoms with E-state index in [2.05, 4.69) is 0 Å². The van der Waals surface area contributed by atoms with Gasteiger partial charge in [-0.3, -0.25) is 0 Å². The summed E-state index contributed by atoms with van der Waals surface area (Å²) in [5, 5.41) is 10.5. The Morgan fingerprint density at radius 2 is 1.13 bits per heavy atom. The van der Waals surface area contributed by atoms with Crippen LogP contribution in [0.3, 0.4) is 0 Å². The highest BCUT2D eigenvalue weighted by Gasteiger charge is 2.46. The van der Waals surface area contributed by atoms with E-state index in [9.17, 15) is 9.90 Å². The van der Waals surface area contributed by atoms with Gasteiger partial charge in [-0.2, -0.15) is 0 Å². The lowest BCUT2D eigenvalue weighted by Crippen LogP contribution is -2.56. The van der Waals surface area contributed by atoms with E-state index in [0.29, 0.717) is 25.6 Å². The van der Waals surface area contributed by atoms with Crippen molar-refractivity contribution in [1.29, 1.82) is 0 Å². The number of benzene rings is 4. The number of esters is 1. The zero-order chi connectivity index (χ0) is 32.7. The molecule has 8 nitrogen and oxygen atoms in total. The van der Waals surface area contributed by atoms with Crippen LogP contribution in [0.1, 0.15) is 28.7 Å². The van der Waals surface area contributed by atoms with E-state index < -0.39 is 36.5 Å². The molecule has 8 heteroatoms. The number of aliphatic hydroxyl groups excluding tert-OH is 1. The molecule has 1 fully saturated rings. The molecule has 5 rings (SSSR count). The molecular weight excluding hydrogens is 596 g/mol. The number of hydrogen-bond acceptors (Lipinski definition) is 8. The molecule has 1 aliphatic rings. The Hall–Kier alpha value is -4.31. The smallest absolute Gasteiger partial charge is 0.335 e. The molecule has 0 bridgehead atoms. The summed E-state index contributed by atoms with van der Waals surface area (Å²) in [6, 6.07) is 39.6. The lowest BCUT2D eigenvalue weighted by molar-refractivity contribution is -0.223. The zero-order valence-corrected chi connectivity index (χ0v) is 26.6. The van der Waals surface area contributed by atoms with Crippen LogP contribution in [0, 0.1) is 0 Å². The maximum absolute atomic E-state index is 12.1. The van der Waals surface area contributed by atoms with Gasteiger partial charge in [0.1, 0.15) is 24.1 Å². The summed E-state index contributed by atoms with van der Waals surface area (Å²) < 4.78 is 37.5. The molecule has 1 aliphatic heterocycles. The van der Waals surface area contributed by atoms with Crippen molar-refractivity contribution in [3.63, 3.8) is 0 Å². The molecular formula is C39H42O8. The van der Waals surface area contributed by atoms with Crippen LogP contribution < -0.4 is 0 Å². The fourth-order valence-electron chi connectivity index (χ4n) is 5.33. The molecule has 1 N–H and O–H groups in total. The van der Waals surface area contributed by atoms with Crippen LogP contribution in [-0.4, -0.2) is 55.3 Å². The summed E-state index contributed by atoms with van der Waals surface area (Å²) in [4.78, 5) is 12.1. The van der Waals surface area contributed by atoms with Crippen molar-refractivity contribution in [3.8, 4) is 0 Å². The third-order valence-corrected chi connectivity index (χ3v) is 7.81. The number of aliphatic hydroxyl groups is 1. The van der Waals surface area contributed by atoms with E-state index >= 15 is 0 Å². The molecule has 1 unspecified atom stereocenters. The average molecular weight is 639 g/mol. The van der Waals surface area contributed by atoms with Crippen molar-refractivity contribution in [2.24, 2.45) is 0 Å². The predicted molar refractivity (Wildman–Crippen MR) is 177 cm³/mol. The molecule has 0 amide bonds. The quantitative estimate of drug-likeness (QED) is 0.146. The molecule has 1 heterocycles. The van der Waals surface area contributed by atoms with Gasteiger partial charge in [-0.1, -0.05) is 121 Å². The summed E-state index contributed by atoms with van der Waals surface area (Å²) in [5.74, 6) is -0.307. The van der Waals surface area contributed by atoms with Crippen molar-refractivity contribution in [1.82, 2.24) is 0 Å². The van der Waals surface area contributed by atoms with Crippen LogP contribution in [0.4, 0.5) is 0 Å². The Morgan fingerprint density at radius 3 is 1.62 bits per heavy atom. The highest BCUT2D eigenvalue weighted by molar-refractivity contribution is 5.74. The second kappa shape index (κ2) is 18.1. The molecule has 47 heavy (non-hydrogen) atoms. The van der Waals surface area contributed by atoms with Crippen molar-refractivity contribution in [3.05, 3.63) is 155 Å². The zero-order valence-electron chi connectivity index (χ0n) is 26.6. The molecule has 246 valence electrons. The number of hydrogen-bond donors (Lipinski definition) is 1. The van der Waals surface area contributed by atoms with E-state index in [1.807, 2.05) is 121 Å². The number of rotatable bonds is 16. The maximum atomic E-state index is 12.1. The molecule has 1 saturated heterocycles. The standard InChI is InChI=1S/C39H42O8/c1-42-39(41)33(40)22-23-34-36(44-25-30-16-8-3-9-17-30)38(46-27-32-20-12-5-13-21-32)37(45-26-31-18-10-4-11-19-31)35(47-34)28-43-24-29-14-6-2-7-15-29/h2-21,23,33,35-38,40H,22,24-28H2,1H3/b34-23-/t33?,35-,36+,37+,38-/m1/s1. The Morgan fingerprint density at radius 1 is 0.681 bits per heavy atom. The Balaban J connectivity index is 1.47. The number of carbonyl (C=O) groups is 1. The largest absolute Gasteiger partial charge is 0.487 e. The first-order valence-electron chi connectivity index (χ1n) is 15.8. The van der Waals surface area contributed by atoms with Gasteiger partial charge < -0.3 is 33.5 Å². The van der Waals surface area contributed by atoms with Crippen molar-refractivity contribution < 1.29 is 38.3 Å². The number of carbonyl (C=O) groups excluding carboxylic acids is 1. The third-order valence-electron chi connectivity index (χ3n) is 7.81. The molecule has 4 aromatic carbocycles. The van der Waals surface area contributed by atoms with Gasteiger partial charge in [0.05, 0.1) is 40.1 Å². The van der Waals surface area contributed by atoms with Crippen LogP contribution in [0.5, 0.6) is 0 Å². The minimum atomic E-state index is -1.37. The second-order valence-corrected chi connectivity index (χ2v) is 11.3. The van der Waals surface area contributed by atoms with Crippen LogP contribution in [0.2, 0.25) is 0 Å². The number of ether oxygens (including phenoxy) is 6. The van der Waals surface area contributed by atoms with Gasteiger partial charge in [0.2, 0.25) is 0 Å². The Bertz CT molecular complexity index is 1500. The minimum Gasteiger partial charge on any atom is -0.487 e. The first-order valence-corrected chi connectivity index (χ1v) is 15.8. The van der Waals surface area contributed by atoms with Crippen LogP contribution in [-0.2, 0) is 59.6 Å². The topological polar surface area (TPSA) is 92.7 Å². The fraction of sp³-hybridized carbons (Fsp3) is 0.308. The van der Waals surface area contributed by atoms with E-state index in [0.717, 1.165) is 22.3 Å². The number of methoxy groups -OCH3 is 1. The fourth-order valence-corrected chi connectivity index (χ4v) is 5.33. The summed E-state index contributed by atoms with van der Waals surface area (Å²) >= 11 is 0. The van der Waals surface area contributed by atoms with Gasteiger partial charge in [-0.05, 0) is 28.3 Å². The van der Waals surface area contributed by atoms with Crippen LogP contribution in [0.25, 0.3) is 0 Å². The maximum Gasteiger partial charge on any atom is 0.335 e. The second-order valence-electron chi connectivity index (χ2n) is 11.3. The molecule has 0 saturated carbocycles. The van der Waals surface area contributed by atoms with Crippen LogP contribution in [0.15, 0.2) is 133 Å². The predicted octanol–water partition coefficient (Wildman–Crippen LogP) is 6.17. The van der Waals surface area contributed by atoms with Gasteiger partial charge in [0.15, 0.2) is 12.2 Å². The van der Waals surface area contributed by atoms with E-state index in [-0.39, 0.29) is 19.6 Å². The Labute approximate surface area is 276 Å². The molecule has 0 aliphatic carbocycles. The average Bonchev–Trinajstić information content (AvgIpc) is 3.13. The molecule has 0 radical (unpaired) electrons. The summed E-state index contributed by atoms with van der Waals surface area (Å²) in [7, 11) is 1.24. The summed E-state index contributed by atoms with van der Waals surface area (Å²) in [6.07, 6.45) is -2.29. The molecule has 5 atom stereocenters. The first-order chi connectivity index (χ1) is 23.1. The van der Waals surface area contributed by atoms with Crippen molar-refractivity contribution in [2.45, 2.75) is 63.4 Å². The highest BCUT2D eigenvalue weighted by atomic mass is 16.6. The minimum absolute atomic E-state index is 0.0360. The normalized spacial score (nSPS) is 20.8. The van der Waals surface area contributed by atoms with E-state index in [4.69, 9.17) is 28.4 Å². The molecule has 4 aromatic rings. The molecule has 0 aromatic heterocycles. The monoisotopic (exact) mass is 638 g/mol. The van der Waals surface area contributed by atoms with Crippen molar-refractivity contribution in [2.75, 3.05) is 13.7 Å². The van der Waals surface area contributed by atoms with Gasteiger partial charge >= 0.3 is 5.97 Å². The van der Waals surface area contributed by atoms with E-state index in [1.165, 1.54) is 7.11 Å². The lowest BCUT2D eigenvalue weighted by Gasteiger charge is -2.43. The van der Waals surface area contributed by atoms with E-state index in [1.54, 1.807) is 6.08 Å².